The molecule has 0 radical (unpaired) electrons. The van der Waals surface area contributed by atoms with Crippen molar-refractivity contribution in [2.75, 3.05) is 21.9 Å². The molecule has 0 atom stereocenters. The molecule has 1 saturated heterocycles. The van der Waals surface area contributed by atoms with Crippen LogP contribution in [0.15, 0.2) is 36.4 Å². The molecular formula is C16H14ClN3O6S. The Morgan fingerprint density at radius 1 is 1.26 bits per heavy atom. The summed E-state index contributed by atoms with van der Waals surface area (Å²) in [6.07, 6.45) is 0.489. The number of phenolic OH excluding ortho intramolecular Hbond substituents is 1. The molecule has 0 bridgehead atoms. The zero-order valence-corrected chi connectivity index (χ0v) is 15.3. The van der Waals surface area contributed by atoms with Gasteiger partial charge in [-0.05, 0) is 30.7 Å². The van der Waals surface area contributed by atoms with Crippen molar-refractivity contribution in [3.8, 4) is 5.75 Å². The number of benzene rings is 2. The van der Waals surface area contributed by atoms with Gasteiger partial charge in [-0.3, -0.25) is 19.2 Å². The van der Waals surface area contributed by atoms with Crippen molar-refractivity contribution in [2.45, 2.75) is 6.42 Å². The first-order valence-electron chi connectivity index (χ1n) is 7.78. The van der Waals surface area contributed by atoms with Crippen LogP contribution in [0.3, 0.4) is 0 Å². The van der Waals surface area contributed by atoms with Crippen molar-refractivity contribution in [2.24, 2.45) is 0 Å². The first-order valence-corrected chi connectivity index (χ1v) is 9.76. The van der Waals surface area contributed by atoms with Crippen molar-refractivity contribution in [1.29, 1.82) is 0 Å². The molecule has 11 heteroatoms. The van der Waals surface area contributed by atoms with Gasteiger partial charge in [0, 0.05) is 18.7 Å². The van der Waals surface area contributed by atoms with E-state index in [1.54, 1.807) is 0 Å². The third-order valence-corrected chi connectivity index (χ3v) is 6.21. The van der Waals surface area contributed by atoms with Crippen LogP contribution in [0.25, 0.3) is 0 Å². The molecule has 1 heterocycles. The number of amides is 1. The standard InChI is InChI=1S/C16H14ClN3O6S/c17-13-8-11(20(23)24)2-4-12(13)16(22)18-14-9-10(3-5-15(14)21)19-6-1-7-27(19,25)26/h2-5,8-9,21H,1,6-7H2,(H,18,22). The van der Waals surface area contributed by atoms with Crippen molar-refractivity contribution in [3.63, 3.8) is 0 Å². The molecule has 1 aliphatic rings. The summed E-state index contributed by atoms with van der Waals surface area (Å²) < 4.78 is 25.3. The molecule has 1 amide bonds. The average Bonchev–Trinajstić information content (AvgIpc) is 2.95. The van der Waals surface area contributed by atoms with Crippen molar-refractivity contribution in [1.82, 2.24) is 0 Å². The molecule has 0 saturated carbocycles. The Hall–Kier alpha value is -2.85. The molecular weight excluding hydrogens is 398 g/mol. The quantitative estimate of drug-likeness (QED) is 0.452. The predicted octanol–water partition coefficient (Wildman–Crippen LogP) is 2.75. The molecule has 9 nitrogen and oxygen atoms in total. The Morgan fingerprint density at radius 3 is 2.59 bits per heavy atom. The Balaban J connectivity index is 1.88. The SMILES string of the molecule is O=C(Nc1cc(N2CCCS2(=O)=O)ccc1O)c1ccc([N+](=O)[O-])cc1Cl. The summed E-state index contributed by atoms with van der Waals surface area (Å²) in [6.45, 7) is 0.314. The largest absolute Gasteiger partial charge is 0.506 e. The van der Waals surface area contributed by atoms with Gasteiger partial charge in [-0.2, -0.15) is 0 Å². The van der Waals surface area contributed by atoms with E-state index in [-0.39, 0.29) is 33.5 Å². The molecule has 0 aromatic heterocycles. The Bertz CT molecular complexity index is 1040. The molecule has 3 rings (SSSR count). The Morgan fingerprint density at radius 2 is 2.00 bits per heavy atom. The van der Waals surface area contributed by atoms with Crippen LogP contribution in [-0.2, 0) is 10.0 Å². The fourth-order valence-electron chi connectivity index (χ4n) is 2.70. The predicted molar refractivity (Wildman–Crippen MR) is 99.9 cm³/mol. The summed E-state index contributed by atoms with van der Waals surface area (Å²) in [5.74, 6) is -0.929. The summed E-state index contributed by atoms with van der Waals surface area (Å²) in [5.41, 5.74) is 0.0194. The monoisotopic (exact) mass is 411 g/mol. The fourth-order valence-corrected chi connectivity index (χ4v) is 4.52. The second kappa shape index (κ2) is 7.05. The summed E-state index contributed by atoms with van der Waals surface area (Å²) in [5, 5.41) is 23.0. The molecule has 0 aliphatic carbocycles. The second-order valence-corrected chi connectivity index (χ2v) is 8.24. The van der Waals surface area contributed by atoms with E-state index in [9.17, 15) is 28.4 Å². The lowest BCUT2D eigenvalue weighted by atomic mass is 10.1. The number of nitro groups is 1. The van der Waals surface area contributed by atoms with Gasteiger partial charge in [-0.1, -0.05) is 11.6 Å². The molecule has 27 heavy (non-hydrogen) atoms. The highest BCUT2D eigenvalue weighted by Gasteiger charge is 2.29. The van der Waals surface area contributed by atoms with Crippen molar-refractivity contribution < 1.29 is 23.2 Å². The van der Waals surface area contributed by atoms with Gasteiger partial charge in [0.2, 0.25) is 10.0 Å². The number of rotatable bonds is 4. The topological polar surface area (TPSA) is 130 Å². The van der Waals surface area contributed by atoms with Gasteiger partial charge in [0.25, 0.3) is 11.6 Å². The van der Waals surface area contributed by atoms with E-state index in [0.29, 0.717) is 18.7 Å². The van der Waals surface area contributed by atoms with Crippen LogP contribution >= 0.6 is 11.6 Å². The molecule has 0 spiro atoms. The van der Waals surface area contributed by atoms with Crippen LogP contribution < -0.4 is 9.62 Å². The Labute approximate surface area is 159 Å². The fraction of sp³-hybridized carbons (Fsp3) is 0.188. The lowest BCUT2D eigenvalue weighted by Gasteiger charge is -2.18. The highest BCUT2D eigenvalue weighted by atomic mass is 35.5. The van der Waals surface area contributed by atoms with Gasteiger partial charge < -0.3 is 10.4 Å². The Kier molecular flexibility index (Phi) is 4.94. The molecule has 1 fully saturated rings. The number of halogens is 1. The lowest BCUT2D eigenvalue weighted by molar-refractivity contribution is -0.384. The van der Waals surface area contributed by atoms with E-state index < -0.39 is 20.9 Å². The molecule has 1 aliphatic heterocycles. The summed E-state index contributed by atoms with van der Waals surface area (Å²) >= 11 is 5.93. The van der Waals surface area contributed by atoms with Crippen molar-refractivity contribution in [3.05, 3.63) is 57.1 Å². The van der Waals surface area contributed by atoms with E-state index in [1.165, 1.54) is 28.6 Å². The molecule has 2 aromatic rings. The third-order valence-electron chi connectivity index (χ3n) is 4.02. The minimum absolute atomic E-state index is 0.00554. The van der Waals surface area contributed by atoms with Gasteiger partial charge in [-0.15, -0.1) is 0 Å². The smallest absolute Gasteiger partial charge is 0.270 e. The van der Waals surface area contributed by atoms with Crippen LogP contribution in [0.5, 0.6) is 5.75 Å². The number of carbonyl (C=O) groups excluding carboxylic acids is 1. The van der Waals surface area contributed by atoms with Gasteiger partial charge in [0.05, 0.1) is 32.6 Å². The first kappa shape index (κ1) is 18.9. The summed E-state index contributed by atoms with van der Waals surface area (Å²) in [7, 11) is -3.42. The van der Waals surface area contributed by atoms with Gasteiger partial charge in [0.15, 0.2) is 0 Å². The van der Waals surface area contributed by atoms with Gasteiger partial charge >= 0.3 is 0 Å². The highest BCUT2D eigenvalue weighted by Crippen LogP contribution is 2.33. The van der Waals surface area contributed by atoms with Gasteiger partial charge in [0.1, 0.15) is 5.75 Å². The van der Waals surface area contributed by atoms with Gasteiger partial charge in [-0.25, -0.2) is 8.42 Å². The maximum Gasteiger partial charge on any atom is 0.270 e. The first-order chi connectivity index (χ1) is 12.7. The van der Waals surface area contributed by atoms with E-state index >= 15 is 0 Å². The number of aromatic hydroxyl groups is 1. The van der Waals surface area contributed by atoms with E-state index in [4.69, 9.17) is 11.6 Å². The highest BCUT2D eigenvalue weighted by molar-refractivity contribution is 7.93. The minimum Gasteiger partial charge on any atom is -0.506 e. The van der Waals surface area contributed by atoms with Crippen LogP contribution in [0.4, 0.5) is 17.1 Å². The van der Waals surface area contributed by atoms with E-state index in [2.05, 4.69) is 5.32 Å². The van der Waals surface area contributed by atoms with Crippen LogP contribution in [-0.4, -0.2) is 36.7 Å². The zero-order chi connectivity index (χ0) is 19.8. The number of nitro benzene ring substituents is 1. The number of nitrogens with zero attached hydrogens (tertiary/aromatic N) is 2. The number of hydrogen-bond acceptors (Lipinski definition) is 6. The minimum atomic E-state index is -3.42. The molecule has 0 unspecified atom stereocenters. The van der Waals surface area contributed by atoms with Crippen LogP contribution in [0, 0.1) is 10.1 Å². The number of anilines is 2. The maximum atomic E-state index is 12.4. The van der Waals surface area contributed by atoms with E-state index in [1.807, 2.05) is 0 Å². The van der Waals surface area contributed by atoms with Crippen LogP contribution in [0.2, 0.25) is 5.02 Å². The number of carbonyl (C=O) groups is 1. The normalized spacial score (nSPS) is 15.5. The number of nitrogens with one attached hydrogen (secondary N) is 1. The molecule has 142 valence electrons. The zero-order valence-electron chi connectivity index (χ0n) is 13.8. The van der Waals surface area contributed by atoms with E-state index in [0.717, 1.165) is 12.1 Å². The lowest BCUT2D eigenvalue weighted by Crippen LogP contribution is -2.25. The number of phenols is 1. The van der Waals surface area contributed by atoms with Crippen molar-refractivity contribution >= 4 is 44.6 Å². The summed E-state index contributed by atoms with van der Waals surface area (Å²) in [6, 6.07) is 7.43. The number of sulfonamides is 1. The number of non-ortho nitro benzene ring substituents is 1. The summed E-state index contributed by atoms with van der Waals surface area (Å²) in [4.78, 5) is 22.5. The second-order valence-electron chi connectivity index (χ2n) is 5.82. The van der Waals surface area contributed by atoms with Crippen LogP contribution in [0.1, 0.15) is 16.8 Å². The maximum absolute atomic E-state index is 12.4. The molecule has 2 aromatic carbocycles. The average molecular weight is 412 g/mol. The number of hydrogen-bond donors (Lipinski definition) is 2. The molecule has 2 N–H and O–H groups in total. The third kappa shape index (κ3) is 3.81.